The van der Waals surface area contributed by atoms with Crippen molar-refractivity contribution in [1.82, 2.24) is 10.4 Å². The van der Waals surface area contributed by atoms with Gasteiger partial charge in [-0.2, -0.15) is 0 Å². The topological polar surface area (TPSA) is 58.4 Å². The van der Waals surface area contributed by atoms with Gasteiger partial charge in [-0.25, -0.2) is 5.43 Å². The van der Waals surface area contributed by atoms with Gasteiger partial charge >= 0.3 is 6.41 Å². The lowest BCUT2D eigenvalue weighted by molar-refractivity contribution is 0.305. The quantitative estimate of drug-likeness (QED) is 0.364. The molecule has 0 aliphatic carbocycles. The number of hydrogen-bond acceptors (Lipinski definition) is 3. The first-order valence-corrected chi connectivity index (χ1v) is 2.94. The first-order valence-electron chi connectivity index (χ1n) is 2.94. The predicted octanol–water partition coefficient (Wildman–Crippen LogP) is -1.16. The summed E-state index contributed by atoms with van der Waals surface area (Å²) in [5.41, 5.74) is 7.92. The van der Waals surface area contributed by atoms with E-state index in [0.29, 0.717) is 19.6 Å². The first kappa shape index (κ1) is 8.39. The van der Waals surface area contributed by atoms with Crippen molar-refractivity contribution < 1.29 is 4.79 Å². The van der Waals surface area contributed by atoms with Gasteiger partial charge in [0, 0.05) is 19.6 Å². The smallest absolute Gasteiger partial charge is 0.327 e. The van der Waals surface area contributed by atoms with E-state index in [1.807, 2.05) is 6.92 Å². The lowest BCUT2D eigenvalue weighted by Gasteiger charge is -2.13. The van der Waals surface area contributed by atoms with Crippen LogP contribution in [0.3, 0.4) is 0 Å². The van der Waals surface area contributed by atoms with Crippen LogP contribution in [0.2, 0.25) is 0 Å². The molecule has 0 fully saturated rings. The Morgan fingerprint density at radius 2 is 2.44 bits per heavy atom. The van der Waals surface area contributed by atoms with Crippen molar-refractivity contribution in [2.75, 3.05) is 19.6 Å². The summed E-state index contributed by atoms with van der Waals surface area (Å²) in [6.45, 7) is 3.61. The van der Waals surface area contributed by atoms with E-state index in [1.165, 1.54) is 5.01 Å². The Hall–Kier alpha value is -0.610. The van der Waals surface area contributed by atoms with Crippen LogP contribution in [0.5, 0.6) is 0 Å². The predicted molar refractivity (Wildman–Crippen MR) is 35.1 cm³/mol. The molecule has 0 aromatic rings. The van der Waals surface area contributed by atoms with E-state index in [0.717, 1.165) is 0 Å². The van der Waals surface area contributed by atoms with Crippen molar-refractivity contribution >= 4 is 6.41 Å². The standard InChI is InChI=1S/C5H12N3O/c1-2-8(5-9)7-4-3-6/h7H,2-4,6H2,1H3. The Morgan fingerprint density at radius 1 is 1.78 bits per heavy atom. The van der Waals surface area contributed by atoms with E-state index in [-0.39, 0.29) is 0 Å². The average Bonchev–Trinajstić information content (AvgIpc) is 1.91. The van der Waals surface area contributed by atoms with Crippen molar-refractivity contribution in [3.63, 3.8) is 0 Å². The number of carbonyl (C=O) groups excluding carboxylic acids is 1. The number of nitrogens with one attached hydrogen (secondary N) is 1. The molecule has 9 heavy (non-hydrogen) atoms. The fourth-order valence-corrected chi connectivity index (χ4v) is 0.408. The summed E-state index contributed by atoms with van der Waals surface area (Å²) in [5, 5.41) is 1.33. The van der Waals surface area contributed by atoms with Crippen LogP contribution < -0.4 is 11.2 Å². The summed E-state index contributed by atoms with van der Waals surface area (Å²) in [5.74, 6) is 0. The molecule has 0 aliphatic rings. The minimum Gasteiger partial charge on any atom is -0.329 e. The summed E-state index contributed by atoms with van der Waals surface area (Å²) >= 11 is 0. The molecule has 53 valence electrons. The number of hydrogen-bond donors (Lipinski definition) is 2. The molecule has 4 nitrogen and oxygen atoms in total. The van der Waals surface area contributed by atoms with E-state index in [1.54, 1.807) is 6.41 Å². The highest BCUT2D eigenvalue weighted by Crippen LogP contribution is 1.70. The second kappa shape index (κ2) is 5.53. The molecule has 0 aromatic carbocycles. The number of nitrogens with zero attached hydrogens (tertiary/aromatic N) is 1. The molecule has 4 heteroatoms. The molecule has 1 radical (unpaired) electrons. The highest BCUT2D eigenvalue weighted by molar-refractivity contribution is 5.46. The van der Waals surface area contributed by atoms with Crippen molar-refractivity contribution in [3.05, 3.63) is 0 Å². The maximum Gasteiger partial charge on any atom is 0.327 e. The second-order valence-corrected chi connectivity index (χ2v) is 1.53. The highest BCUT2D eigenvalue weighted by Gasteiger charge is 1.93. The number of hydrazine groups is 1. The second-order valence-electron chi connectivity index (χ2n) is 1.53. The van der Waals surface area contributed by atoms with Crippen molar-refractivity contribution in [2.24, 2.45) is 5.73 Å². The van der Waals surface area contributed by atoms with Crippen molar-refractivity contribution in [3.8, 4) is 0 Å². The van der Waals surface area contributed by atoms with Gasteiger partial charge in [0.25, 0.3) is 0 Å². The molecule has 1 amide bonds. The van der Waals surface area contributed by atoms with E-state index in [2.05, 4.69) is 5.43 Å². The third-order valence-electron chi connectivity index (χ3n) is 0.873. The monoisotopic (exact) mass is 130 g/mol. The van der Waals surface area contributed by atoms with E-state index >= 15 is 0 Å². The molecule has 0 spiro atoms. The summed E-state index contributed by atoms with van der Waals surface area (Å²) in [6.07, 6.45) is 1.70. The zero-order chi connectivity index (χ0) is 7.11. The van der Waals surface area contributed by atoms with E-state index in [9.17, 15) is 4.79 Å². The molecule has 0 saturated carbocycles. The van der Waals surface area contributed by atoms with Crippen molar-refractivity contribution in [2.45, 2.75) is 6.92 Å². The average molecular weight is 130 g/mol. The largest absolute Gasteiger partial charge is 0.329 e. The number of amides is 1. The summed E-state index contributed by atoms with van der Waals surface area (Å²) < 4.78 is 0. The zero-order valence-electron chi connectivity index (χ0n) is 5.55. The molecule has 0 heterocycles. The van der Waals surface area contributed by atoms with Crippen LogP contribution in [0, 0.1) is 0 Å². The highest BCUT2D eigenvalue weighted by atomic mass is 16.1. The third kappa shape index (κ3) is 3.93. The van der Waals surface area contributed by atoms with Gasteiger partial charge < -0.3 is 5.73 Å². The van der Waals surface area contributed by atoms with Gasteiger partial charge in [-0.3, -0.25) is 9.80 Å². The Balaban J connectivity index is 3.20. The van der Waals surface area contributed by atoms with Gasteiger partial charge in [0.05, 0.1) is 0 Å². The van der Waals surface area contributed by atoms with Gasteiger partial charge in [-0.1, -0.05) is 0 Å². The van der Waals surface area contributed by atoms with Crippen LogP contribution in [0.15, 0.2) is 0 Å². The first-order chi connectivity index (χ1) is 4.35. The lowest BCUT2D eigenvalue weighted by Crippen LogP contribution is -2.39. The summed E-state index contributed by atoms with van der Waals surface area (Å²) in [7, 11) is 0. The Kier molecular flexibility index (Phi) is 5.15. The minimum atomic E-state index is 0.526. The van der Waals surface area contributed by atoms with Crippen LogP contribution in [0.25, 0.3) is 0 Å². The summed E-state index contributed by atoms with van der Waals surface area (Å²) in [6, 6.07) is 0. The molecule has 0 saturated heterocycles. The molecule has 3 N–H and O–H groups in total. The third-order valence-corrected chi connectivity index (χ3v) is 0.873. The van der Waals surface area contributed by atoms with Crippen LogP contribution in [0.1, 0.15) is 6.92 Å². The Labute approximate surface area is 55.0 Å². The summed E-state index contributed by atoms with van der Waals surface area (Å²) in [4.78, 5) is 9.94. The van der Waals surface area contributed by atoms with Crippen LogP contribution in [-0.4, -0.2) is 31.1 Å². The van der Waals surface area contributed by atoms with Gasteiger partial charge in [0.2, 0.25) is 0 Å². The van der Waals surface area contributed by atoms with Crippen LogP contribution in [0.4, 0.5) is 0 Å². The van der Waals surface area contributed by atoms with Gasteiger partial charge in [-0.05, 0) is 6.92 Å². The Morgan fingerprint density at radius 3 is 2.78 bits per heavy atom. The van der Waals surface area contributed by atoms with Crippen LogP contribution >= 0.6 is 0 Å². The molecule has 0 atom stereocenters. The van der Waals surface area contributed by atoms with Crippen LogP contribution in [-0.2, 0) is 4.79 Å². The van der Waals surface area contributed by atoms with Gasteiger partial charge in [0.1, 0.15) is 0 Å². The zero-order valence-corrected chi connectivity index (χ0v) is 5.55. The maximum atomic E-state index is 9.94. The number of nitrogens with two attached hydrogens (primary N) is 1. The SMILES string of the molecule is CCN([C]=O)NCCN. The van der Waals surface area contributed by atoms with E-state index in [4.69, 9.17) is 5.73 Å². The van der Waals surface area contributed by atoms with Gasteiger partial charge in [0.15, 0.2) is 0 Å². The lowest BCUT2D eigenvalue weighted by atomic mass is 10.6. The molecule has 0 rings (SSSR count). The maximum absolute atomic E-state index is 9.94. The molecular formula is C5H12N3O. The molecule has 0 bridgehead atoms. The molecule has 0 aliphatic heterocycles. The van der Waals surface area contributed by atoms with Crippen molar-refractivity contribution in [1.29, 1.82) is 0 Å². The minimum absolute atomic E-state index is 0.526. The fourth-order valence-electron chi connectivity index (χ4n) is 0.408. The fraction of sp³-hybridized carbons (Fsp3) is 0.800. The molecule has 0 aromatic heterocycles. The van der Waals surface area contributed by atoms with E-state index < -0.39 is 0 Å². The Bertz CT molecular complexity index is 76.6. The molecule has 0 unspecified atom stereocenters. The number of rotatable bonds is 5. The van der Waals surface area contributed by atoms with Gasteiger partial charge in [-0.15, -0.1) is 0 Å². The normalized spacial score (nSPS) is 9.11. The molecular weight excluding hydrogens is 118 g/mol.